The molecule has 4 nitrogen and oxygen atoms in total. The Morgan fingerprint density at radius 2 is 2.00 bits per heavy atom. The third-order valence-electron chi connectivity index (χ3n) is 4.70. The first-order valence-electron chi connectivity index (χ1n) is 8.78. The first-order valence-corrected chi connectivity index (χ1v) is 8.78. The Morgan fingerprint density at radius 1 is 1.21 bits per heavy atom. The van der Waals surface area contributed by atoms with Crippen LogP contribution in [0, 0.1) is 13.8 Å². The fourth-order valence-electron chi connectivity index (χ4n) is 3.09. The Morgan fingerprint density at radius 3 is 2.67 bits per heavy atom. The predicted octanol–water partition coefficient (Wildman–Crippen LogP) is 3.66. The van der Waals surface area contributed by atoms with E-state index in [-0.39, 0.29) is 18.4 Å². The van der Waals surface area contributed by atoms with Gasteiger partial charge < -0.3 is 10.2 Å². The molecule has 24 heavy (non-hydrogen) atoms. The van der Waals surface area contributed by atoms with Gasteiger partial charge in [0.15, 0.2) is 0 Å². The number of carbonyl (C=O) groups is 2. The molecule has 2 rings (SSSR count). The van der Waals surface area contributed by atoms with Crippen LogP contribution < -0.4 is 10.2 Å². The molecule has 0 saturated carbocycles. The first kappa shape index (κ1) is 18.2. The lowest BCUT2D eigenvalue weighted by atomic mass is 9.97. The SMILES string of the molecule is CC(=O)N(CC(=O)NCCC1=CCCCC1)c1cccc(C)c1C. The molecule has 130 valence electrons. The van der Waals surface area contributed by atoms with Crippen molar-refractivity contribution in [3.05, 3.63) is 41.0 Å². The van der Waals surface area contributed by atoms with Crippen LogP contribution in [0.4, 0.5) is 5.69 Å². The maximum absolute atomic E-state index is 12.2. The molecule has 1 N–H and O–H groups in total. The minimum Gasteiger partial charge on any atom is -0.354 e. The molecular formula is C20H28N2O2. The summed E-state index contributed by atoms with van der Waals surface area (Å²) >= 11 is 0. The lowest BCUT2D eigenvalue weighted by Crippen LogP contribution is -2.40. The monoisotopic (exact) mass is 328 g/mol. The summed E-state index contributed by atoms with van der Waals surface area (Å²) in [5.74, 6) is -0.226. The highest BCUT2D eigenvalue weighted by molar-refractivity contribution is 5.98. The van der Waals surface area contributed by atoms with Gasteiger partial charge in [-0.15, -0.1) is 0 Å². The quantitative estimate of drug-likeness (QED) is 0.810. The molecule has 4 heteroatoms. The van der Waals surface area contributed by atoms with E-state index in [2.05, 4.69) is 11.4 Å². The van der Waals surface area contributed by atoms with Crippen LogP contribution in [0.3, 0.4) is 0 Å². The van der Waals surface area contributed by atoms with Crippen molar-refractivity contribution in [1.82, 2.24) is 5.32 Å². The number of hydrogen-bond donors (Lipinski definition) is 1. The van der Waals surface area contributed by atoms with Crippen LogP contribution in [0.15, 0.2) is 29.8 Å². The highest BCUT2D eigenvalue weighted by Gasteiger charge is 2.18. The standard InChI is InChI=1S/C20H28N2O2/c1-15-8-7-11-19(16(15)2)22(17(3)23)14-20(24)21-13-12-18-9-5-4-6-10-18/h7-9,11H,4-6,10,12-14H2,1-3H3,(H,21,24). The summed E-state index contributed by atoms with van der Waals surface area (Å²) in [6.45, 7) is 6.20. The zero-order valence-electron chi connectivity index (χ0n) is 15.0. The maximum atomic E-state index is 12.2. The van der Waals surface area contributed by atoms with E-state index in [9.17, 15) is 9.59 Å². The highest BCUT2D eigenvalue weighted by atomic mass is 16.2. The van der Waals surface area contributed by atoms with E-state index in [0.717, 1.165) is 36.1 Å². The van der Waals surface area contributed by atoms with Crippen LogP contribution in [0.25, 0.3) is 0 Å². The van der Waals surface area contributed by atoms with Gasteiger partial charge in [0.2, 0.25) is 11.8 Å². The molecule has 1 aliphatic rings. The molecule has 0 atom stereocenters. The van der Waals surface area contributed by atoms with E-state index in [1.807, 2.05) is 32.0 Å². The van der Waals surface area contributed by atoms with Crippen molar-refractivity contribution in [3.8, 4) is 0 Å². The number of anilines is 1. The van der Waals surface area contributed by atoms with Gasteiger partial charge >= 0.3 is 0 Å². The minimum absolute atomic E-state index is 0.0681. The van der Waals surface area contributed by atoms with Crippen molar-refractivity contribution < 1.29 is 9.59 Å². The van der Waals surface area contributed by atoms with Gasteiger partial charge in [-0.2, -0.15) is 0 Å². The first-order chi connectivity index (χ1) is 11.5. The average Bonchev–Trinajstić information content (AvgIpc) is 2.56. The van der Waals surface area contributed by atoms with Gasteiger partial charge in [0, 0.05) is 19.2 Å². The lowest BCUT2D eigenvalue weighted by Gasteiger charge is -2.23. The zero-order chi connectivity index (χ0) is 17.5. The van der Waals surface area contributed by atoms with Gasteiger partial charge in [-0.1, -0.05) is 23.8 Å². The Hall–Kier alpha value is -2.10. The van der Waals surface area contributed by atoms with E-state index in [1.54, 1.807) is 4.90 Å². The fraction of sp³-hybridized carbons (Fsp3) is 0.500. The number of nitrogens with zero attached hydrogens (tertiary/aromatic N) is 1. The number of carbonyl (C=O) groups excluding carboxylic acids is 2. The summed E-state index contributed by atoms with van der Waals surface area (Å²) in [5.41, 5.74) is 4.41. The molecule has 0 bridgehead atoms. The number of benzene rings is 1. The number of allylic oxidation sites excluding steroid dienone is 1. The minimum atomic E-state index is -0.117. The van der Waals surface area contributed by atoms with Crippen LogP contribution in [-0.2, 0) is 9.59 Å². The van der Waals surface area contributed by atoms with E-state index in [4.69, 9.17) is 0 Å². The van der Waals surface area contributed by atoms with Gasteiger partial charge in [-0.25, -0.2) is 0 Å². The molecule has 0 radical (unpaired) electrons. The van der Waals surface area contributed by atoms with E-state index in [1.165, 1.54) is 25.3 Å². The Bertz CT molecular complexity index is 635. The lowest BCUT2D eigenvalue weighted by molar-refractivity contribution is -0.123. The molecule has 0 aromatic heterocycles. The molecule has 0 heterocycles. The van der Waals surface area contributed by atoms with Gasteiger partial charge in [0.05, 0.1) is 0 Å². The van der Waals surface area contributed by atoms with Gasteiger partial charge in [0.1, 0.15) is 6.54 Å². The third-order valence-corrected chi connectivity index (χ3v) is 4.70. The third kappa shape index (κ3) is 4.95. The van der Waals surface area contributed by atoms with E-state index in [0.29, 0.717) is 6.54 Å². The van der Waals surface area contributed by atoms with Gasteiger partial charge in [0.25, 0.3) is 0 Å². The maximum Gasteiger partial charge on any atom is 0.240 e. The Balaban J connectivity index is 1.92. The molecule has 0 saturated heterocycles. The summed E-state index contributed by atoms with van der Waals surface area (Å²) in [4.78, 5) is 25.8. The number of hydrogen-bond acceptors (Lipinski definition) is 2. The van der Waals surface area contributed by atoms with Gasteiger partial charge in [-0.3, -0.25) is 9.59 Å². The second kappa shape index (κ2) is 8.67. The van der Waals surface area contributed by atoms with Gasteiger partial charge in [-0.05, 0) is 63.1 Å². The summed E-state index contributed by atoms with van der Waals surface area (Å²) < 4.78 is 0. The summed E-state index contributed by atoms with van der Waals surface area (Å²) in [5, 5.41) is 2.95. The normalized spacial score (nSPS) is 14.0. The Labute approximate surface area is 144 Å². The topological polar surface area (TPSA) is 49.4 Å². The number of rotatable bonds is 6. The number of nitrogens with one attached hydrogen (secondary N) is 1. The highest BCUT2D eigenvalue weighted by Crippen LogP contribution is 2.23. The number of amides is 2. The van der Waals surface area contributed by atoms with E-state index >= 15 is 0 Å². The molecular weight excluding hydrogens is 300 g/mol. The van der Waals surface area contributed by atoms with E-state index < -0.39 is 0 Å². The van der Waals surface area contributed by atoms with Crippen molar-refractivity contribution in [1.29, 1.82) is 0 Å². The summed E-state index contributed by atoms with van der Waals surface area (Å²) in [6, 6.07) is 5.82. The fourth-order valence-corrected chi connectivity index (χ4v) is 3.09. The van der Waals surface area contributed by atoms with Crippen molar-refractivity contribution in [2.75, 3.05) is 18.0 Å². The average molecular weight is 328 g/mol. The largest absolute Gasteiger partial charge is 0.354 e. The molecule has 0 unspecified atom stereocenters. The van der Waals surface area contributed by atoms with Crippen LogP contribution >= 0.6 is 0 Å². The summed E-state index contributed by atoms with van der Waals surface area (Å²) in [7, 11) is 0. The molecule has 1 aromatic carbocycles. The van der Waals surface area contributed by atoms with Crippen molar-refractivity contribution in [2.24, 2.45) is 0 Å². The predicted molar refractivity (Wildman–Crippen MR) is 98.1 cm³/mol. The smallest absolute Gasteiger partial charge is 0.240 e. The Kier molecular flexibility index (Phi) is 6.59. The second-order valence-electron chi connectivity index (χ2n) is 6.53. The zero-order valence-corrected chi connectivity index (χ0v) is 15.0. The second-order valence-corrected chi connectivity index (χ2v) is 6.53. The molecule has 0 aliphatic heterocycles. The molecule has 2 amide bonds. The van der Waals surface area contributed by atoms with Crippen LogP contribution in [0.1, 0.15) is 50.2 Å². The van der Waals surface area contributed by atoms with Crippen molar-refractivity contribution >= 4 is 17.5 Å². The molecule has 0 fully saturated rings. The summed E-state index contributed by atoms with van der Waals surface area (Å²) in [6.07, 6.45) is 8.05. The van der Waals surface area contributed by atoms with Crippen molar-refractivity contribution in [2.45, 2.75) is 52.9 Å². The molecule has 0 spiro atoms. The molecule has 1 aliphatic carbocycles. The van der Waals surface area contributed by atoms with Crippen LogP contribution in [0.5, 0.6) is 0 Å². The number of aryl methyl sites for hydroxylation is 1. The molecule has 1 aromatic rings. The van der Waals surface area contributed by atoms with Crippen LogP contribution in [0.2, 0.25) is 0 Å². The van der Waals surface area contributed by atoms with Crippen LogP contribution in [-0.4, -0.2) is 24.9 Å². The van der Waals surface area contributed by atoms with Crippen molar-refractivity contribution in [3.63, 3.8) is 0 Å².